The first-order valence-electron chi connectivity index (χ1n) is 7.69. The zero-order valence-electron chi connectivity index (χ0n) is 13.1. The number of aromatic hydroxyl groups is 1. The molecule has 3 aromatic rings. The third-order valence-corrected chi connectivity index (χ3v) is 4.20. The van der Waals surface area contributed by atoms with Crippen LogP contribution in [0.25, 0.3) is 11.3 Å². The maximum atomic E-state index is 9.87. The SMILES string of the molecule is N#CC1=C(N)Oc2n[nH]c(-c3ccccc3)c2[C@@H]1c1cccc(O)c1. The van der Waals surface area contributed by atoms with E-state index in [2.05, 4.69) is 16.3 Å². The van der Waals surface area contributed by atoms with Crippen molar-refractivity contribution in [2.75, 3.05) is 0 Å². The number of allylic oxidation sites excluding steroid dienone is 1. The normalized spacial score (nSPS) is 16.0. The summed E-state index contributed by atoms with van der Waals surface area (Å²) in [5.41, 5.74) is 9.36. The van der Waals surface area contributed by atoms with E-state index in [9.17, 15) is 10.4 Å². The number of hydrogen-bond donors (Lipinski definition) is 3. The van der Waals surface area contributed by atoms with Crippen LogP contribution < -0.4 is 10.5 Å². The Bertz CT molecular complexity index is 1020. The number of phenols is 1. The van der Waals surface area contributed by atoms with Crippen molar-refractivity contribution < 1.29 is 9.84 Å². The van der Waals surface area contributed by atoms with Gasteiger partial charge in [-0.3, -0.25) is 5.10 Å². The molecule has 4 N–H and O–H groups in total. The van der Waals surface area contributed by atoms with Crippen molar-refractivity contribution in [3.05, 3.63) is 77.2 Å². The molecule has 2 aromatic carbocycles. The van der Waals surface area contributed by atoms with Crippen LogP contribution in [0.2, 0.25) is 0 Å². The highest BCUT2D eigenvalue weighted by molar-refractivity contribution is 5.70. The van der Waals surface area contributed by atoms with Gasteiger partial charge in [0.1, 0.15) is 17.4 Å². The first kappa shape index (κ1) is 14.8. The van der Waals surface area contributed by atoms with Gasteiger partial charge in [0.2, 0.25) is 11.8 Å². The molecule has 6 nitrogen and oxygen atoms in total. The Morgan fingerprint density at radius 1 is 1.16 bits per heavy atom. The van der Waals surface area contributed by atoms with Crippen molar-refractivity contribution in [2.24, 2.45) is 5.73 Å². The lowest BCUT2D eigenvalue weighted by Gasteiger charge is -2.24. The summed E-state index contributed by atoms with van der Waals surface area (Å²) < 4.78 is 5.55. The molecule has 0 fully saturated rings. The average Bonchev–Trinajstić information content (AvgIpc) is 3.04. The number of hydrogen-bond acceptors (Lipinski definition) is 5. The summed E-state index contributed by atoms with van der Waals surface area (Å²) >= 11 is 0. The third kappa shape index (κ3) is 2.39. The van der Waals surface area contributed by atoms with Gasteiger partial charge < -0.3 is 15.6 Å². The number of aromatic nitrogens is 2. The number of nitrogens with two attached hydrogens (primary N) is 1. The molecule has 0 saturated carbocycles. The van der Waals surface area contributed by atoms with Gasteiger partial charge in [0, 0.05) is 0 Å². The van der Waals surface area contributed by atoms with Crippen LogP contribution >= 0.6 is 0 Å². The lowest BCUT2D eigenvalue weighted by molar-refractivity contribution is 0.378. The minimum Gasteiger partial charge on any atom is -0.508 e. The number of nitrogens with zero attached hydrogens (tertiary/aromatic N) is 2. The molecule has 1 aliphatic heterocycles. The van der Waals surface area contributed by atoms with E-state index < -0.39 is 5.92 Å². The first-order valence-corrected chi connectivity index (χ1v) is 7.69. The number of ether oxygens (including phenoxy) is 1. The molecule has 0 amide bonds. The summed E-state index contributed by atoms with van der Waals surface area (Å²) in [6, 6.07) is 18.6. The van der Waals surface area contributed by atoms with Gasteiger partial charge in [0.15, 0.2) is 0 Å². The van der Waals surface area contributed by atoms with Crippen LogP contribution in [0.15, 0.2) is 66.1 Å². The highest BCUT2D eigenvalue weighted by Gasteiger charge is 2.35. The molecular weight excluding hydrogens is 316 g/mol. The maximum Gasteiger partial charge on any atom is 0.244 e. The van der Waals surface area contributed by atoms with Crippen molar-refractivity contribution in [1.29, 1.82) is 5.26 Å². The van der Waals surface area contributed by atoms with E-state index in [1.807, 2.05) is 36.4 Å². The molecule has 6 heteroatoms. The molecule has 4 rings (SSSR count). The molecule has 2 heterocycles. The third-order valence-electron chi connectivity index (χ3n) is 4.20. The van der Waals surface area contributed by atoms with Crippen LogP contribution in [0, 0.1) is 11.3 Å². The number of fused-ring (bicyclic) bond motifs is 1. The van der Waals surface area contributed by atoms with Gasteiger partial charge in [-0.25, -0.2) is 0 Å². The molecule has 0 radical (unpaired) electrons. The van der Waals surface area contributed by atoms with Gasteiger partial charge in [0.25, 0.3) is 0 Å². The lowest BCUT2D eigenvalue weighted by atomic mass is 9.83. The second-order valence-corrected chi connectivity index (χ2v) is 5.70. The summed E-state index contributed by atoms with van der Waals surface area (Å²) in [7, 11) is 0. The van der Waals surface area contributed by atoms with Gasteiger partial charge >= 0.3 is 0 Å². The Hall–Kier alpha value is -3.72. The molecule has 0 bridgehead atoms. The van der Waals surface area contributed by atoms with Crippen molar-refractivity contribution in [2.45, 2.75) is 5.92 Å². The summed E-state index contributed by atoms with van der Waals surface area (Å²) in [6.45, 7) is 0. The van der Waals surface area contributed by atoms with Crippen molar-refractivity contribution in [3.8, 4) is 29.0 Å². The minimum atomic E-state index is -0.477. The van der Waals surface area contributed by atoms with Crippen LogP contribution in [0.5, 0.6) is 11.6 Å². The van der Waals surface area contributed by atoms with Crippen LogP contribution in [0.4, 0.5) is 0 Å². The summed E-state index contributed by atoms with van der Waals surface area (Å²) in [5.74, 6) is -0.000819. The smallest absolute Gasteiger partial charge is 0.244 e. The topological polar surface area (TPSA) is 108 Å². The highest BCUT2D eigenvalue weighted by atomic mass is 16.5. The van der Waals surface area contributed by atoms with Crippen molar-refractivity contribution in [3.63, 3.8) is 0 Å². The highest BCUT2D eigenvalue weighted by Crippen LogP contribution is 2.45. The van der Waals surface area contributed by atoms with E-state index in [-0.39, 0.29) is 17.2 Å². The second-order valence-electron chi connectivity index (χ2n) is 5.70. The quantitative estimate of drug-likeness (QED) is 0.669. The maximum absolute atomic E-state index is 9.87. The fourth-order valence-corrected chi connectivity index (χ4v) is 3.11. The van der Waals surface area contributed by atoms with E-state index in [0.29, 0.717) is 5.88 Å². The second kappa shape index (κ2) is 5.73. The number of benzene rings is 2. The Labute approximate surface area is 143 Å². The minimum absolute atomic E-state index is 0.0226. The Morgan fingerprint density at radius 3 is 2.68 bits per heavy atom. The predicted molar refractivity (Wildman–Crippen MR) is 91.4 cm³/mol. The summed E-state index contributed by atoms with van der Waals surface area (Å²) in [6.07, 6.45) is 0. The predicted octanol–water partition coefficient (Wildman–Crippen LogP) is 3.00. The molecule has 1 aromatic heterocycles. The Kier molecular flexibility index (Phi) is 3.40. The largest absolute Gasteiger partial charge is 0.508 e. The summed E-state index contributed by atoms with van der Waals surface area (Å²) in [5, 5.41) is 26.7. The van der Waals surface area contributed by atoms with Crippen LogP contribution in [0.3, 0.4) is 0 Å². The molecule has 0 saturated heterocycles. The average molecular weight is 330 g/mol. The molecule has 122 valence electrons. The van der Waals surface area contributed by atoms with Gasteiger partial charge in [-0.2, -0.15) is 5.26 Å². The number of nitriles is 1. The Morgan fingerprint density at radius 2 is 1.96 bits per heavy atom. The van der Waals surface area contributed by atoms with E-state index in [0.717, 1.165) is 22.4 Å². The molecule has 0 spiro atoms. The summed E-state index contributed by atoms with van der Waals surface area (Å²) in [4.78, 5) is 0. The molecule has 1 aliphatic rings. The van der Waals surface area contributed by atoms with Crippen molar-refractivity contribution >= 4 is 0 Å². The number of aromatic amines is 1. The standard InChI is InChI=1S/C19H14N4O2/c20-10-14-15(12-7-4-8-13(24)9-12)16-17(11-5-2-1-3-6-11)22-23-19(16)25-18(14)21/h1-9,15,24H,21H2,(H,22,23)/t15-/m1/s1. The van der Waals surface area contributed by atoms with E-state index >= 15 is 0 Å². The van der Waals surface area contributed by atoms with Gasteiger partial charge in [-0.05, 0) is 23.3 Å². The molecular formula is C19H14N4O2. The zero-order valence-corrected chi connectivity index (χ0v) is 13.1. The van der Waals surface area contributed by atoms with Gasteiger partial charge in [-0.15, -0.1) is 5.10 Å². The van der Waals surface area contributed by atoms with Gasteiger partial charge in [-0.1, -0.05) is 42.5 Å². The van der Waals surface area contributed by atoms with Crippen LogP contribution in [-0.2, 0) is 0 Å². The number of rotatable bonds is 2. The van der Waals surface area contributed by atoms with E-state index in [1.54, 1.807) is 18.2 Å². The van der Waals surface area contributed by atoms with Crippen molar-refractivity contribution in [1.82, 2.24) is 10.2 Å². The first-order chi connectivity index (χ1) is 12.2. The lowest BCUT2D eigenvalue weighted by Crippen LogP contribution is -2.20. The number of H-pyrrole nitrogens is 1. The number of phenolic OH excluding ortho intramolecular Hbond substituents is 1. The molecule has 0 aliphatic carbocycles. The van der Waals surface area contributed by atoms with Gasteiger partial charge in [0.05, 0.1) is 17.2 Å². The molecule has 1 atom stereocenters. The Balaban J connectivity index is 1.97. The monoisotopic (exact) mass is 330 g/mol. The zero-order chi connectivity index (χ0) is 17.4. The number of nitrogens with one attached hydrogen (secondary N) is 1. The van der Waals surface area contributed by atoms with E-state index in [4.69, 9.17) is 10.5 Å². The van der Waals surface area contributed by atoms with Crippen LogP contribution in [-0.4, -0.2) is 15.3 Å². The molecule has 0 unspecified atom stereocenters. The van der Waals surface area contributed by atoms with E-state index in [1.165, 1.54) is 0 Å². The fraction of sp³-hybridized carbons (Fsp3) is 0.0526. The fourth-order valence-electron chi connectivity index (χ4n) is 3.11. The molecule has 25 heavy (non-hydrogen) atoms. The van der Waals surface area contributed by atoms with Crippen LogP contribution in [0.1, 0.15) is 17.0 Å².